The molecule has 0 aliphatic carbocycles. The third-order valence-corrected chi connectivity index (χ3v) is 11.8. The van der Waals surface area contributed by atoms with E-state index in [2.05, 4.69) is 140 Å². The Balaban J connectivity index is 1.01. The predicted octanol–water partition coefficient (Wildman–Crippen LogP) is 14.1. The maximum atomic E-state index is 6.29. The van der Waals surface area contributed by atoms with Crippen LogP contribution in [-0.4, -0.2) is 15.0 Å². The van der Waals surface area contributed by atoms with Gasteiger partial charge >= 0.3 is 0 Å². The number of rotatable bonds is 6. The first-order valence-corrected chi connectivity index (χ1v) is 19.5. The van der Waals surface area contributed by atoms with Crippen molar-refractivity contribution in [2.45, 2.75) is 0 Å². The fourth-order valence-electron chi connectivity index (χ4n) is 7.81. The molecule has 0 atom stereocenters. The second-order valence-electron chi connectivity index (χ2n) is 14.0. The van der Waals surface area contributed by atoms with E-state index in [-0.39, 0.29) is 0 Å². The Hall–Kier alpha value is -7.21. The summed E-state index contributed by atoms with van der Waals surface area (Å²) in [6.45, 7) is 0. The minimum atomic E-state index is 0.643. The molecular formula is C51H31N3OS. The van der Waals surface area contributed by atoms with Crippen LogP contribution < -0.4 is 0 Å². The maximum Gasteiger partial charge on any atom is 0.164 e. The molecule has 0 aliphatic rings. The van der Waals surface area contributed by atoms with Gasteiger partial charge in [0, 0.05) is 53.2 Å². The lowest BCUT2D eigenvalue weighted by molar-refractivity contribution is 0.669. The van der Waals surface area contributed by atoms with Crippen molar-refractivity contribution in [3.63, 3.8) is 0 Å². The fourth-order valence-corrected chi connectivity index (χ4v) is 9.08. The van der Waals surface area contributed by atoms with Crippen molar-refractivity contribution in [1.29, 1.82) is 0 Å². The Morgan fingerprint density at radius 1 is 0.321 bits per heavy atom. The highest BCUT2D eigenvalue weighted by atomic mass is 32.1. The van der Waals surface area contributed by atoms with Gasteiger partial charge in [-0.1, -0.05) is 164 Å². The average molecular weight is 734 g/mol. The first-order valence-electron chi connectivity index (χ1n) is 18.7. The summed E-state index contributed by atoms with van der Waals surface area (Å²) in [5, 5.41) is 4.72. The number of thiophene rings is 1. The van der Waals surface area contributed by atoms with Gasteiger partial charge in [0.2, 0.25) is 0 Å². The summed E-state index contributed by atoms with van der Waals surface area (Å²) < 4.78 is 8.72. The van der Waals surface area contributed by atoms with Gasteiger partial charge in [-0.05, 0) is 52.1 Å². The molecule has 11 rings (SSSR count). The largest absolute Gasteiger partial charge is 0.456 e. The highest BCUT2D eigenvalue weighted by molar-refractivity contribution is 7.26. The van der Waals surface area contributed by atoms with Crippen LogP contribution in [0.4, 0.5) is 0 Å². The lowest BCUT2D eigenvalue weighted by atomic mass is 9.93. The smallest absolute Gasteiger partial charge is 0.164 e. The van der Waals surface area contributed by atoms with Crippen molar-refractivity contribution >= 4 is 53.4 Å². The second-order valence-corrected chi connectivity index (χ2v) is 15.0. The Morgan fingerprint density at radius 2 is 0.839 bits per heavy atom. The Morgan fingerprint density at radius 3 is 1.62 bits per heavy atom. The van der Waals surface area contributed by atoms with Crippen LogP contribution in [-0.2, 0) is 0 Å². The molecule has 11 aromatic rings. The zero-order valence-corrected chi connectivity index (χ0v) is 30.9. The number of benzene rings is 8. The highest BCUT2D eigenvalue weighted by Crippen LogP contribution is 2.44. The molecule has 0 aliphatic heterocycles. The van der Waals surface area contributed by atoms with Crippen molar-refractivity contribution in [1.82, 2.24) is 15.0 Å². The van der Waals surface area contributed by atoms with Gasteiger partial charge in [0.15, 0.2) is 17.5 Å². The van der Waals surface area contributed by atoms with Gasteiger partial charge in [-0.15, -0.1) is 11.3 Å². The lowest BCUT2D eigenvalue weighted by Gasteiger charge is -2.11. The molecule has 0 spiro atoms. The number of hydrogen-bond donors (Lipinski definition) is 0. The van der Waals surface area contributed by atoms with Gasteiger partial charge in [0.1, 0.15) is 11.2 Å². The summed E-state index contributed by atoms with van der Waals surface area (Å²) in [6.07, 6.45) is 0. The summed E-state index contributed by atoms with van der Waals surface area (Å²) in [5.41, 5.74) is 11.7. The predicted molar refractivity (Wildman–Crippen MR) is 233 cm³/mol. The van der Waals surface area contributed by atoms with E-state index in [9.17, 15) is 0 Å². The summed E-state index contributed by atoms with van der Waals surface area (Å²) in [7, 11) is 0. The van der Waals surface area contributed by atoms with Crippen molar-refractivity contribution in [3.05, 3.63) is 188 Å². The molecule has 56 heavy (non-hydrogen) atoms. The van der Waals surface area contributed by atoms with Crippen LogP contribution in [0.15, 0.2) is 192 Å². The molecule has 3 aromatic heterocycles. The molecule has 8 aromatic carbocycles. The third-order valence-electron chi connectivity index (χ3n) is 10.6. The van der Waals surface area contributed by atoms with E-state index < -0.39 is 0 Å². The monoisotopic (exact) mass is 733 g/mol. The topological polar surface area (TPSA) is 51.8 Å². The van der Waals surface area contributed by atoms with Crippen LogP contribution in [0.3, 0.4) is 0 Å². The molecule has 0 bridgehead atoms. The lowest BCUT2D eigenvalue weighted by Crippen LogP contribution is -2.00. The molecule has 0 radical (unpaired) electrons. The van der Waals surface area contributed by atoms with Crippen LogP contribution in [0.1, 0.15) is 0 Å². The summed E-state index contributed by atoms with van der Waals surface area (Å²) >= 11 is 1.81. The average Bonchev–Trinajstić information content (AvgIpc) is 3.85. The molecule has 0 unspecified atom stereocenters. The van der Waals surface area contributed by atoms with Crippen molar-refractivity contribution < 1.29 is 4.42 Å². The minimum Gasteiger partial charge on any atom is -0.456 e. The Bertz CT molecular complexity index is 3240. The fraction of sp³-hybridized carbons (Fsp3) is 0. The minimum absolute atomic E-state index is 0.643. The molecule has 4 nitrogen and oxygen atoms in total. The van der Waals surface area contributed by atoms with E-state index in [1.54, 1.807) is 0 Å². The van der Waals surface area contributed by atoms with Crippen LogP contribution >= 0.6 is 11.3 Å². The number of aromatic nitrogens is 3. The van der Waals surface area contributed by atoms with Crippen LogP contribution in [0, 0.1) is 0 Å². The molecule has 3 heterocycles. The van der Waals surface area contributed by atoms with Gasteiger partial charge < -0.3 is 4.42 Å². The van der Waals surface area contributed by atoms with E-state index in [0.717, 1.165) is 49.8 Å². The zero-order valence-electron chi connectivity index (χ0n) is 30.1. The molecule has 0 fully saturated rings. The van der Waals surface area contributed by atoms with E-state index >= 15 is 0 Å². The molecule has 0 N–H and O–H groups in total. The Labute approximate surface area is 327 Å². The van der Waals surface area contributed by atoms with Gasteiger partial charge in [-0.25, -0.2) is 15.0 Å². The third kappa shape index (κ3) is 5.56. The Kier molecular flexibility index (Phi) is 7.64. The number of para-hydroxylation sites is 1. The first-order chi connectivity index (χ1) is 27.7. The maximum absolute atomic E-state index is 6.29. The highest BCUT2D eigenvalue weighted by Gasteiger charge is 2.18. The quantitative estimate of drug-likeness (QED) is 0.171. The van der Waals surface area contributed by atoms with E-state index in [0.29, 0.717) is 17.5 Å². The van der Waals surface area contributed by atoms with E-state index in [1.807, 2.05) is 59.9 Å². The SMILES string of the molecule is c1ccc(-c2ccc(-c3nc(-c4ccccc4)nc(-c4ccc5c(c4)sc4c(-c6ccccc6-c6ccc7c(c6)oc6ccccc67)cccc45)n3)cc2)cc1. The van der Waals surface area contributed by atoms with E-state index in [4.69, 9.17) is 19.4 Å². The standard InChI is InChI=1S/C51H31N3OS/c1-3-12-32(13-4-1)33-22-24-35(25-23-33)50-52-49(34-14-5-2-6-15-34)53-51(54-50)37-27-29-42-44-20-11-19-43(48(44)56-47(42)31-37)39-17-8-7-16-38(39)36-26-28-41-40-18-9-10-21-45(40)55-46(41)30-36/h1-31H. The molecule has 5 heteroatoms. The summed E-state index contributed by atoms with van der Waals surface area (Å²) in [4.78, 5) is 15.1. The normalized spacial score (nSPS) is 11.6. The summed E-state index contributed by atoms with van der Waals surface area (Å²) in [5.74, 6) is 1.94. The zero-order chi connectivity index (χ0) is 37.0. The van der Waals surface area contributed by atoms with Gasteiger partial charge in [0.25, 0.3) is 0 Å². The first kappa shape index (κ1) is 32.2. The molecular weight excluding hydrogens is 703 g/mol. The van der Waals surface area contributed by atoms with Crippen LogP contribution in [0.25, 0.3) is 110 Å². The van der Waals surface area contributed by atoms with Crippen LogP contribution in [0.2, 0.25) is 0 Å². The van der Waals surface area contributed by atoms with E-state index in [1.165, 1.54) is 42.4 Å². The van der Waals surface area contributed by atoms with Crippen LogP contribution in [0.5, 0.6) is 0 Å². The molecule has 0 saturated carbocycles. The number of hydrogen-bond acceptors (Lipinski definition) is 5. The van der Waals surface area contributed by atoms with Gasteiger partial charge in [0.05, 0.1) is 0 Å². The number of furan rings is 1. The molecule has 0 saturated heterocycles. The second kappa shape index (κ2) is 13.3. The molecule has 0 amide bonds. The number of nitrogens with zero attached hydrogens (tertiary/aromatic N) is 3. The van der Waals surface area contributed by atoms with Crippen molar-refractivity contribution in [2.75, 3.05) is 0 Å². The van der Waals surface area contributed by atoms with Gasteiger partial charge in [-0.3, -0.25) is 0 Å². The van der Waals surface area contributed by atoms with Crippen molar-refractivity contribution in [3.8, 4) is 67.5 Å². The number of fused-ring (bicyclic) bond motifs is 6. The molecule has 262 valence electrons. The summed E-state index contributed by atoms with van der Waals surface area (Å²) in [6, 6.07) is 65.7. The van der Waals surface area contributed by atoms with Crippen molar-refractivity contribution in [2.24, 2.45) is 0 Å². The van der Waals surface area contributed by atoms with Gasteiger partial charge in [-0.2, -0.15) is 0 Å².